The Morgan fingerprint density at radius 2 is 2.17 bits per heavy atom. The minimum Gasteiger partial charge on any atom is -0.315 e. The Kier molecular flexibility index (Phi) is 4.02. The number of nitrogens with zero attached hydrogens (tertiary/aromatic N) is 4. The first kappa shape index (κ1) is 13.5. The van der Waals surface area contributed by atoms with Crippen molar-refractivity contribution >= 4 is 0 Å². The summed E-state index contributed by atoms with van der Waals surface area (Å²) in [5.41, 5.74) is 0.205. The fraction of sp³-hybridized carbons (Fsp3) is 0.846. The lowest BCUT2D eigenvalue weighted by Gasteiger charge is -2.30. The maximum absolute atomic E-state index is 4.16. The molecule has 2 rings (SSSR count). The van der Waals surface area contributed by atoms with Crippen molar-refractivity contribution in [1.82, 2.24) is 25.0 Å². The van der Waals surface area contributed by atoms with Gasteiger partial charge in [-0.2, -0.15) is 0 Å². The molecule has 1 aliphatic heterocycles. The Bertz CT molecular complexity index is 379. The monoisotopic (exact) mass is 251 g/mol. The van der Waals surface area contributed by atoms with E-state index in [1.807, 2.05) is 6.33 Å². The second-order valence-corrected chi connectivity index (χ2v) is 6.41. The zero-order chi connectivity index (χ0) is 13.2. The van der Waals surface area contributed by atoms with Gasteiger partial charge in [-0.05, 0) is 33.2 Å². The maximum Gasteiger partial charge on any atom is 0.147 e. The largest absolute Gasteiger partial charge is 0.315 e. The summed E-state index contributed by atoms with van der Waals surface area (Å²) in [6.45, 7) is 14.2. The third-order valence-electron chi connectivity index (χ3n) is 3.27. The molecular formula is C13H25N5. The van der Waals surface area contributed by atoms with E-state index >= 15 is 0 Å². The van der Waals surface area contributed by atoms with Crippen molar-refractivity contribution in [3.8, 4) is 0 Å². The van der Waals surface area contributed by atoms with Gasteiger partial charge in [0.15, 0.2) is 0 Å². The van der Waals surface area contributed by atoms with Gasteiger partial charge in [-0.25, -0.2) is 0 Å². The lowest BCUT2D eigenvalue weighted by atomic mass is 10.1. The minimum absolute atomic E-state index is 0.205. The fourth-order valence-corrected chi connectivity index (χ4v) is 2.26. The molecule has 18 heavy (non-hydrogen) atoms. The van der Waals surface area contributed by atoms with Crippen LogP contribution in [0, 0.1) is 5.92 Å². The van der Waals surface area contributed by atoms with Crippen LogP contribution in [-0.4, -0.2) is 44.8 Å². The molecule has 2 heterocycles. The zero-order valence-electron chi connectivity index (χ0n) is 12.0. The highest BCUT2D eigenvalue weighted by Gasteiger charge is 2.19. The lowest BCUT2D eigenvalue weighted by Crippen LogP contribution is -2.43. The van der Waals surface area contributed by atoms with Crippen LogP contribution in [0.4, 0.5) is 0 Å². The first-order valence-electron chi connectivity index (χ1n) is 6.78. The summed E-state index contributed by atoms with van der Waals surface area (Å²) >= 11 is 0. The van der Waals surface area contributed by atoms with E-state index < -0.39 is 0 Å². The summed E-state index contributed by atoms with van der Waals surface area (Å²) < 4.78 is 2.15. The summed E-state index contributed by atoms with van der Waals surface area (Å²) in [6, 6.07) is 0. The maximum atomic E-state index is 4.16. The molecule has 0 saturated carbocycles. The van der Waals surface area contributed by atoms with Gasteiger partial charge in [0, 0.05) is 25.2 Å². The molecule has 0 saturated heterocycles. The SMILES string of the molecule is CC(CNC(C)(C)C)CN1CCn2cnnc2C1. The summed E-state index contributed by atoms with van der Waals surface area (Å²) in [6.07, 6.45) is 1.83. The Balaban J connectivity index is 1.77. The van der Waals surface area contributed by atoms with Gasteiger partial charge in [0.1, 0.15) is 12.2 Å². The van der Waals surface area contributed by atoms with Crippen molar-refractivity contribution < 1.29 is 0 Å². The Morgan fingerprint density at radius 3 is 2.89 bits per heavy atom. The molecule has 0 spiro atoms. The van der Waals surface area contributed by atoms with Crippen LogP contribution in [0.1, 0.15) is 33.5 Å². The molecule has 1 aromatic heterocycles. The number of hydrogen-bond donors (Lipinski definition) is 1. The van der Waals surface area contributed by atoms with Crippen LogP contribution in [-0.2, 0) is 13.1 Å². The number of hydrogen-bond acceptors (Lipinski definition) is 4. The van der Waals surface area contributed by atoms with Crippen molar-refractivity contribution in [2.45, 2.75) is 46.3 Å². The highest BCUT2D eigenvalue weighted by Crippen LogP contribution is 2.11. The van der Waals surface area contributed by atoms with Gasteiger partial charge in [0.25, 0.3) is 0 Å². The Hall–Kier alpha value is -0.940. The number of fused-ring (bicyclic) bond motifs is 1. The molecular weight excluding hydrogens is 226 g/mol. The van der Waals surface area contributed by atoms with Gasteiger partial charge in [0.05, 0.1) is 6.54 Å². The average molecular weight is 251 g/mol. The predicted octanol–water partition coefficient (Wildman–Crippen LogP) is 1.12. The molecule has 1 aliphatic rings. The molecule has 0 aromatic carbocycles. The van der Waals surface area contributed by atoms with Gasteiger partial charge >= 0.3 is 0 Å². The molecule has 1 N–H and O–H groups in total. The molecule has 0 aliphatic carbocycles. The van der Waals surface area contributed by atoms with Crippen LogP contribution in [0.15, 0.2) is 6.33 Å². The van der Waals surface area contributed by atoms with E-state index in [-0.39, 0.29) is 5.54 Å². The Morgan fingerprint density at radius 1 is 1.39 bits per heavy atom. The summed E-state index contributed by atoms with van der Waals surface area (Å²) in [5, 5.41) is 11.7. The minimum atomic E-state index is 0.205. The molecule has 1 aromatic rings. The van der Waals surface area contributed by atoms with Crippen LogP contribution in [0.5, 0.6) is 0 Å². The van der Waals surface area contributed by atoms with Crippen LogP contribution in [0.2, 0.25) is 0 Å². The topological polar surface area (TPSA) is 46.0 Å². The van der Waals surface area contributed by atoms with Crippen molar-refractivity contribution in [3.05, 3.63) is 12.2 Å². The summed E-state index contributed by atoms with van der Waals surface area (Å²) in [4.78, 5) is 2.47. The quantitative estimate of drug-likeness (QED) is 0.871. The second kappa shape index (κ2) is 5.36. The number of nitrogens with one attached hydrogen (secondary N) is 1. The molecule has 0 radical (unpaired) electrons. The molecule has 0 bridgehead atoms. The van der Waals surface area contributed by atoms with Gasteiger partial charge in [0.2, 0.25) is 0 Å². The normalized spacial score (nSPS) is 18.7. The van der Waals surface area contributed by atoms with E-state index in [1.165, 1.54) is 0 Å². The highest BCUT2D eigenvalue weighted by atomic mass is 15.3. The van der Waals surface area contributed by atoms with Gasteiger partial charge in [-0.15, -0.1) is 10.2 Å². The average Bonchev–Trinajstić information content (AvgIpc) is 2.72. The van der Waals surface area contributed by atoms with Gasteiger partial charge in [-0.1, -0.05) is 6.92 Å². The number of aromatic nitrogens is 3. The molecule has 1 unspecified atom stereocenters. The standard InChI is InChI=1S/C13H25N5/c1-11(7-14-13(2,3)4)8-17-5-6-18-10-15-16-12(18)9-17/h10-11,14H,5-9H2,1-4H3. The Labute approximate surface area is 110 Å². The lowest BCUT2D eigenvalue weighted by molar-refractivity contribution is 0.184. The summed E-state index contributed by atoms with van der Waals surface area (Å²) in [5.74, 6) is 1.75. The molecule has 0 amide bonds. The van der Waals surface area contributed by atoms with E-state index in [9.17, 15) is 0 Å². The van der Waals surface area contributed by atoms with Crippen molar-refractivity contribution in [2.24, 2.45) is 5.92 Å². The first-order chi connectivity index (χ1) is 8.44. The van der Waals surface area contributed by atoms with Crippen molar-refractivity contribution in [2.75, 3.05) is 19.6 Å². The number of rotatable bonds is 4. The molecule has 5 heteroatoms. The second-order valence-electron chi connectivity index (χ2n) is 6.41. The van der Waals surface area contributed by atoms with Crippen molar-refractivity contribution in [3.63, 3.8) is 0 Å². The van der Waals surface area contributed by atoms with E-state index in [0.717, 1.165) is 38.5 Å². The third-order valence-corrected chi connectivity index (χ3v) is 3.27. The van der Waals surface area contributed by atoms with Crippen molar-refractivity contribution in [1.29, 1.82) is 0 Å². The highest BCUT2D eigenvalue weighted by molar-refractivity contribution is 4.90. The van der Waals surface area contributed by atoms with Gasteiger partial charge in [-0.3, -0.25) is 4.90 Å². The first-order valence-corrected chi connectivity index (χ1v) is 6.78. The third kappa shape index (κ3) is 3.78. The molecule has 102 valence electrons. The van der Waals surface area contributed by atoms with Crippen LogP contribution in [0.3, 0.4) is 0 Å². The van der Waals surface area contributed by atoms with E-state index in [2.05, 4.69) is 52.7 Å². The zero-order valence-corrected chi connectivity index (χ0v) is 12.0. The predicted molar refractivity (Wildman–Crippen MR) is 72.2 cm³/mol. The van der Waals surface area contributed by atoms with E-state index in [0.29, 0.717) is 5.92 Å². The van der Waals surface area contributed by atoms with Crippen LogP contribution in [0.25, 0.3) is 0 Å². The van der Waals surface area contributed by atoms with Crippen LogP contribution >= 0.6 is 0 Å². The fourth-order valence-electron chi connectivity index (χ4n) is 2.26. The summed E-state index contributed by atoms with van der Waals surface area (Å²) in [7, 11) is 0. The smallest absolute Gasteiger partial charge is 0.147 e. The molecule has 5 nitrogen and oxygen atoms in total. The van der Waals surface area contributed by atoms with Gasteiger partial charge < -0.3 is 9.88 Å². The van der Waals surface area contributed by atoms with Crippen LogP contribution < -0.4 is 5.32 Å². The van der Waals surface area contributed by atoms with E-state index in [4.69, 9.17) is 0 Å². The molecule has 0 fully saturated rings. The van der Waals surface area contributed by atoms with E-state index in [1.54, 1.807) is 0 Å². The molecule has 1 atom stereocenters.